The van der Waals surface area contributed by atoms with E-state index in [9.17, 15) is 0 Å². The monoisotopic (exact) mass is 1130 g/mol. The summed E-state index contributed by atoms with van der Waals surface area (Å²) in [4.78, 5) is 8.77. The van der Waals surface area contributed by atoms with Gasteiger partial charge in [-0.3, -0.25) is 4.98 Å². The number of nitrogens with zero attached hydrogens (tertiary/aromatic N) is 6. The Balaban J connectivity index is 0.000000202. The Morgan fingerprint density at radius 1 is 0.661 bits per heavy atom. The van der Waals surface area contributed by atoms with Gasteiger partial charge in [0.05, 0.1) is 11.6 Å². The van der Waals surface area contributed by atoms with Gasteiger partial charge in [-0.1, -0.05) is 99.4 Å². The van der Waals surface area contributed by atoms with Crippen molar-refractivity contribution in [2.45, 2.75) is 61.3 Å². The molecule has 0 aliphatic rings. The summed E-state index contributed by atoms with van der Waals surface area (Å²) >= 11 is 0. The fraction of sp³-hybridized carbons (Fsp3) is 0.200. The van der Waals surface area contributed by atoms with E-state index in [0.717, 1.165) is 52.5 Å². The summed E-state index contributed by atoms with van der Waals surface area (Å²) in [6.45, 7) is 15.4. The van der Waals surface area contributed by atoms with Crippen molar-refractivity contribution in [3.8, 4) is 34.2 Å². The molecular weight excluding hydrogens is 1090 g/mol. The van der Waals surface area contributed by atoms with Gasteiger partial charge in [-0.25, -0.2) is 0 Å². The molecule has 9 aromatic rings. The molecule has 0 saturated heterocycles. The molecular formula is C50H46Ir2N6O-2. The molecule has 0 saturated carbocycles. The number of aryl methyl sites for hydroxylation is 4. The summed E-state index contributed by atoms with van der Waals surface area (Å²) in [5.74, 6) is 1.67. The largest absolute Gasteiger partial charge is 0.456 e. The van der Waals surface area contributed by atoms with Crippen LogP contribution in [0.3, 0.4) is 0 Å². The van der Waals surface area contributed by atoms with Crippen molar-refractivity contribution in [2.75, 3.05) is 0 Å². The van der Waals surface area contributed by atoms with Crippen molar-refractivity contribution >= 4 is 21.9 Å². The Morgan fingerprint density at radius 2 is 1.32 bits per heavy atom. The van der Waals surface area contributed by atoms with Crippen molar-refractivity contribution < 1.29 is 44.6 Å². The van der Waals surface area contributed by atoms with Crippen LogP contribution in [0, 0.1) is 45.2 Å². The van der Waals surface area contributed by atoms with Crippen molar-refractivity contribution in [1.82, 2.24) is 29.3 Å². The second-order valence-electron chi connectivity index (χ2n) is 16.0. The maximum absolute atomic E-state index is 6.25. The molecule has 0 aliphatic carbocycles. The molecule has 0 fully saturated rings. The topological polar surface area (TPSA) is 74.6 Å². The molecule has 0 N–H and O–H groups in total. The van der Waals surface area contributed by atoms with E-state index < -0.39 is 0 Å². The van der Waals surface area contributed by atoms with E-state index in [2.05, 4.69) is 140 Å². The first-order chi connectivity index (χ1) is 27.5. The second kappa shape index (κ2) is 18.3. The van der Waals surface area contributed by atoms with Crippen LogP contribution in [0.25, 0.3) is 56.1 Å². The van der Waals surface area contributed by atoms with Gasteiger partial charge < -0.3 is 18.5 Å². The van der Waals surface area contributed by atoms with Crippen LogP contribution in [0.2, 0.25) is 0 Å². The average Bonchev–Trinajstić information content (AvgIpc) is 3.95. The summed E-state index contributed by atoms with van der Waals surface area (Å²) in [6.07, 6.45) is 11.0. The Hall–Kier alpha value is -5.30. The number of benzene rings is 5. The van der Waals surface area contributed by atoms with Gasteiger partial charge in [0.1, 0.15) is 17.5 Å². The quantitative estimate of drug-likeness (QED) is 0.149. The summed E-state index contributed by atoms with van der Waals surface area (Å²) < 4.78 is 10.4. The van der Waals surface area contributed by atoms with Gasteiger partial charge in [0.15, 0.2) is 0 Å². The minimum Gasteiger partial charge on any atom is -0.456 e. The predicted molar refractivity (Wildman–Crippen MR) is 230 cm³/mol. The van der Waals surface area contributed by atoms with Gasteiger partial charge in [-0.15, -0.1) is 53.1 Å². The first-order valence-electron chi connectivity index (χ1n) is 19.4. The second-order valence-corrected chi connectivity index (χ2v) is 16.0. The maximum Gasteiger partial charge on any atom is 0.138 e. The molecule has 7 nitrogen and oxygen atoms in total. The van der Waals surface area contributed by atoms with Gasteiger partial charge >= 0.3 is 0 Å². The molecule has 4 heterocycles. The number of para-hydroxylation sites is 2. The van der Waals surface area contributed by atoms with Crippen molar-refractivity contribution in [2.24, 2.45) is 5.41 Å². The SMILES string of the molecule is Cc1cc(CC(C)(C)C)cc(C)c1-n1cnnc1-c1[c-]ccnc1.Cc1cc(Cc2cccc3c2oc2ccccc23)cc(C)c1-n1ccnc1-c1[c-]cccc1.[Ir].[Ir]. The summed E-state index contributed by atoms with van der Waals surface area (Å²) in [6, 6.07) is 40.0. The van der Waals surface area contributed by atoms with Crippen LogP contribution in [0.4, 0.5) is 0 Å². The average molecular weight is 1130 g/mol. The molecule has 5 aromatic carbocycles. The van der Waals surface area contributed by atoms with Crippen LogP contribution >= 0.6 is 0 Å². The van der Waals surface area contributed by atoms with Gasteiger partial charge in [0, 0.05) is 81.2 Å². The molecule has 4 aromatic heterocycles. The fourth-order valence-electron chi connectivity index (χ4n) is 8.08. The predicted octanol–water partition coefficient (Wildman–Crippen LogP) is 11.8. The fourth-order valence-corrected chi connectivity index (χ4v) is 8.08. The van der Waals surface area contributed by atoms with Crippen LogP contribution < -0.4 is 0 Å². The Morgan fingerprint density at radius 3 is 2.00 bits per heavy atom. The van der Waals surface area contributed by atoms with E-state index in [1.807, 2.05) is 53.4 Å². The maximum atomic E-state index is 6.25. The van der Waals surface area contributed by atoms with E-state index in [-0.39, 0.29) is 45.6 Å². The molecule has 0 aliphatic heterocycles. The van der Waals surface area contributed by atoms with E-state index in [1.165, 1.54) is 55.4 Å². The third kappa shape index (κ3) is 9.30. The van der Waals surface area contributed by atoms with Crippen LogP contribution in [0.5, 0.6) is 0 Å². The third-order valence-corrected chi connectivity index (χ3v) is 10.2. The molecule has 0 amide bonds. The van der Waals surface area contributed by atoms with E-state index in [4.69, 9.17) is 4.42 Å². The number of imidazole rings is 1. The Labute approximate surface area is 373 Å². The molecule has 2 radical (unpaired) electrons. The zero-order valence-electron chi connectivity index (χ0n) is 34.3. The standard InChI is InChI=1S/C30H23N2O.C20H23N4.2Ir/c1-20-17-22(19-24-11-8-13-26-25-12-6-7-14-27(25)33-29(24)26)18-21(2)28(20)32-16-15-31-30(32)23-9-4-3-5-10-23;1-14-9-16(11-20(3,4)5)10-15(2)18(14)24-13-22-23-19(24)17-7-6-8-21-12-17;;/h3-9,11-18H,19H2,1-2H3;6,8-10,12-13H,11H2,1-5H3;;/q2*-1;;. The summed E-state index contributed by atoms with van der Waals surface area (Å²) in [5.41, 5.74) is 15.0. The molecule has 302 valence electrons. The zero-order valence-corrected chi connectivity index (χ0v) is 39.1. The number of rotatable bonds is 7. The van der Waals surface area contributed by atoms with Gasteiger partial charge in [-0.05, 0) is 84.5 Å². The number of furan rings is 1. The first-order valence-corrected chi connectivity index (χ1v) is 19.4. The molecule has 59 heavy (non-hydrogen) atoms. The normalized spacial score (nSPS) is 11.2. The third-order valence-electron chi connectivity index (χ3n) is 10.2. The molecule has 9 heteroatoms. The van der Waals surface area contributed by atoms with Crippen LogP contribution in [0.15, 0.2) is 133 Å². The van der Waals surface area contributed by atoms with Gasteiger partial charge in [0.2, 0.25) is 0 Å². The van der Waals surface area contributed by atoms with Gasteiger partial charge in [-0.2, -0.15) is 5.10 Å². The number of hydrogen-bond acceptors (Lipinski definition) is 5. The molecule has 0 atom stereocenters. The van der Waals surface area contributed by atoms with Crippen molar-refractivity contribution in [3.63, 3.8) is 0 Å². The Kier molecular flexibility index (Phi) is 13.4. The number of aromatic nitrogens is 6. The van der Waals surface area contributed by atoms with E-state index >= 15 is 0 Å². The molecule has 0 unspecified atom stereocenters. The molecule has 0 bridgehead atoms. The van der Waals surface area contributed by atoms with Crippen LogP contribution in [-0.2, 0) is 53.1 Å². The number of hydrogen-bond donors (Lipinski definition) is 0. The molecule has 9 rings (SSSR count). The van der Waals surface area contributed by atoms with Crippen molar-refractivity contribution in [1.29, 1.82) is 0 Å². The smallest absolute Gasteiger partial charge is 0.138 e. The van der Waals surface area contributed by atoms with Crippen LogP contribution in [-0.4, -0.2) is 29.3 Å². The molecule has 0 spiro atoms. The first kappa shape index (κ1) is 43.3. The van der Waals surface area contributed by atoms with Gasteiger partial charge in [0.25, 0.3) is 0 Å². The summed E-state index contributed by atoms with van der Waals surface area (Å²) in [5, 5.41) is 10.7. The Bertz CT molecular complexity index is 2790. The minimum absolute atomic E-state index is 0. The number of pyridine rings is 1. The summed E-state index contributed by atoms with van der Waals surface area (Å²) in [7, 11) is 0. The van der Waals surface area contributed by atoms with Crippen molar-refractivity contribution in [3.05, 3.63) is 179 Å². The minimum atomic E-state index is 0. The number of fused-ring (bicyclic) bond motifs is 3. The van der Waals surface area contributed by atoms with Crippen LogP contribution in [0.1, 0.15) is 59.7 Å². The van der Waals surface area contributed by atoms with E-state index in [1.54, 1.807) is 24.8 Å². The zero-order chi connectivity index (χ0) is 39.7. The van der Waals surface area contributed by atoms with E-state index in [0.29, 0.717) is 0 Å².